The van der Waals surface area contributed by atoms with Crippen LogP contribution >= 0.6 is 0 Å². The smallest absolute Gasteiger partial charge is 0.134 e. The second kappa shape index (κ2) is 9.32. The summed E-state index contributed by atoms with van der Waals surface area (Å²) in [4.78, 5) is 8.61. The minimum Gasteiger partial charge on any atom is -0.457 e. The van der Waals surface area contributed by atoms with Gasteiger partial charge in [0.2, 0.25) is 0 Å². The molecule has 0 atom stereocenters. The highest BCUT2D eigenvalue weighted by Crippen LogP contribution is 2.29. The predicted octanol–water partition coefficient (Wildman–Crippen LogP) is 7.49. The van der Waals surface area contributed by atoms with Crippen LogP contribution in [0.3, 0.4) is 0 Å². The van der Waals surface area contributed by atoms with E-state index in [1.54, 1.807) is 12.1 Å². The van der Waals surface area contributed by atoms with Crippen LogP contribution < -0.4 is 10.1 Å². The van der Waals surface area contributed by atoms with Crippen molar-refractivity contribution in [2.45, 2.75) is 0 Å². The molecule has 4 nitrogen and oxygen atoms in total. The maximum absolute atomic E-state index is 14.8. The molecule has 1 N–H and O–H groups in total. The van der Waals surface area contributed by atoms with Gasteiger partial charge in [-0.05, 0) is 48.0 Å². The minimum atomic E-state index is -0.291. The predicted molar refractivity (Wildman–Crippen MR) is 129 cm³/mol. The van der Waals surface area contributed by atoms with Crippen molar-refractivity contribution < 1.29 is 9.13 Å². The molecule has 5 aromatic rings. The number of halogens is 1. The van der Waals surface area contributed by atoms with E-state index in [1.807, 2.05) is 91.0 Å². The molecule has 0 bridgehead atoms. The molecule has 160 valence electrons. The van der Waals surface area contributed by atoms with E-state index in [4.69, 9.17) is 4.74 Å². The SMILES string of the molecule is Fc1cc(-c2cc(Nc3ccc(Oc4ccccc4)cc3)ncn2)ccc1-c1ccccc1. The average Bonchev–Trinajstić information content (AvgIpc) is 2.86. The Labute approximate surface area is 191 Å². The van der Waals surface area contributed by atoms with Crippen molar-refractivity contribution in [3.63, 3.8) is 0 Å². The van der Waals surface area contributed by atoms with Crippen molar-refractivity contribution in [3.8, 4) is 33.9 Å². The summed E-state index contributed by atoms with van der Waals surface area (Å²) in [6.07, 6.45) is 1.47. The topological polar surface area (TPSA) is 47.0 Å². The third-order valence-corrected chi connectivity index (χ3v) is 5.12. The van der Waals surface area contributed by atoms with Gasteiger partial charge >= 0.3 is 0 Å². The molecule has 0 unspecified atom stereocenters. The molecule has 0 amide bonds. The van der Waals surface area contributed by atoms with E-state index in [0.29, 0.717) is 22.6 Å². The summed E-state index contributed by atoms with van der Waals surface area (Å²) in [6, 6.07) is 33.6. The number of nitrogens with one attached hydrogen (secondary N) is 1. The van der Waals surface area contributed by atoms with Crippen LogP contribution in [-0.4, -0.2) is 9.97 Å². The van der Waals surface area contributed by atoms with Gasteiger partial charge in [-0.15, -0.1) is 0 Å². The van der Waals surface area contributed by atoms with Gasteiger partial charge in [-0.25, -0.2) is 14.4 Å². The highest BCUT2D eigenvalue weighted by molar-refractivity contribution is 5.71. The second-order valence-electron chi connectivity index (χ2n) is 7.41. The third-order valence-electron chi connectivity index (χ3n) is 5.12. The summed E-state index contributed by atoms with van der Waals surface area (Å²) in [5.74, 6) is 1.85. The van der Waals surface area contributed by atoms with Gasteiger partial charge < -0.3 is 10.1 Å². The summed E-state index contributed by atoms with van der Waals surface area (Å²) < 4.78 is 20.6. The van der Waals surface area contributed by atoms with Gasteiger partial charge in [-0.3, -0.25) is 0 Å². The van der Waals surface area contributed by atoms with Crippen molar-refractivity contribution in [1.29, 1.82) is 0 Å². The summed E-state index contributed by atoms with van der Waals surface area (Å²) in [5.41, 5.74) is 3.57. The van der Waals surface area contributed by atoms with E-state index in [1.165, 1.54) is 12.4 Å². The van der Waals surface area contributed by atoms with Crippen LogP contribution in [0.4, 0.5) is 15.9 Å². The first-order valence-corrected chi connectivity index (χ1v) is 10.5. The third kappa shape index (κ3) is 4.88. The van der Waals surface area contributed by atoms with Crippen LogP contribution in [0.1, 0.15) is 0 Å². The number of nitrogens with zero attached hydrogens (tertiary/aromatic N) is 2. The molecule has 0 aliphatic heterocycles. The lowest BCUT2D eigenvalue weighted by Gasteiger charge is -2.10. The number of ether oxygens (including phenoxy) is 1. The number of anilines is 2. The van der Waals surface area contributed by atoms with E-state index in [9.17, 15) is 4.39 Å². The summed E-state index contributed by atoms with van der Waals surface area (Å²) in [6.45, 7) is 0. The molecular weight excluding hydrogens is 413 g/mol. The second-order valence-corrected chi connectivity index (χ2v) is 7.41. The molecule has 5 rings (SSSR count). The molecule has 0 fully saturated rings. The van der Waals surface area contributed by atoms with Crippen LogP contribution in [-0.2, 0) is 0 Å². The molecule has 1 aromatic heterocycles. The molecular formula is C28H20FN3O. The van der Waals surface area contributed by atoms with Crippen LogP contribution in [0.2, 0.25) is 0 Å². The Bertz CT molecular complexity index is 1360. The fourth-order valence-corrected chi connectivity index (χ4v) is 3.49. The lowest BCUT2D eigenvalue weighted by Crippen LogP contribution is -1.96. The highest BCUT2D eigenvalue weighted by atomic mass is 19.1. The molecule has 5 heteroatoms. The first kappa shape index (κ1) is 20.4. The maximum atomic E-state index is 14.8. The zero-order chi connectivity index (χ0) is 22.5. The van der Waals surface area contributed by atoms with Crippen LogP contribution in [0, 0.1) is 5.82 Å². The lowest BCUT2D eigenvalue weighted by atomic mass is 10.0. The molecule has 0 aliphatic rings. The molecule has 0 spiro atoms. The van der Waals surface area contributed by atoms with Gasteiger partial charge in [0, 0.05) is 22.9 Å². The molecule has 4 aromatic carbocycles. The fraction of sp³-hybridized carbons (Fsp3) is 0. The average molecular weight is 433 g/mol. The quantitative estimate of drug-likeness (QED) is 0.301. The molecule has 33 heavy (non-hydrogen) atoms. The Morgan fingerprint density at radius 2 is 1.33 bits per heavy atom. The van der Waals surface area contributed by atoms with E-state index < -0.39 is 0 Å². The fourth-order valence-electron chi connectivity index (χ4n) is 3.49. The van der Waals surface area contributed by atoms with Crippen molar-refractivity contribution >= 4 is 11.5 Å². The largest absolute Gasteiger partial charge is 0.457 e. The highest BCUT2D eigenvalue weighted by Gasteiger charge is 2.09. The van der Waals surface area contributed by atoms with Gasteiger partial charge in [0.05, 0.1) is 5.69 Å². The summed E-state index contributed by atoms with van der Waals surface area (Å²) in [5, 5.41) is 3.26. The van der Waals surface area contributed by atoms with E-state index in [0.717, 1.165) is 22.7 Å². The Morgan fingerprint density at radius 1 is 0.636 bits per heavy atom. The molecule has 1 heterocycles. The van der Waals surface area contributed by atoms with E-state index in [2.05, 4.69) is 15.3 Å². The van der Waals surface area contributed by atoms with Gasteiger partial charge in [0.25, 0.3) is 0 Å². The van der Waals surface area contributed by atoms with Crippen molar-refractivity contribution in [3.05, 3.63) is 121 Å². The van der Waals surface area contributed by atoms with E-state index >= 15 is 0 Å². The molecule has 0 aliphatic carbocycles. The first-order valence-electron chi connectivity index (χ1n) is 10.5. The number of hydrogen-bond donors (Lipinski definition) is 1. The van der Waals surface area contributed by atoms with Gasteiger partial charge in [-0.2, -0.15) is 0 Å². The number of para-hydroxylation sites is 1. The van der Waals surface area contributed by atoms with Gasteiger partial charge in [0.15, 0.2) is 0 Å². The maximum Gasteiger partial charge on any atom is 0.134 e. The first-order chi connectivity index (χ1) is 16.2. The van der Waals surface area contributed by atoms with Crippen molar-refractivity contribution in [2.75, 3.05) is 5.32 Å². The van der Waals surface area contributed by atoms with Crippen LogP contribution in [0.25, 0.3) is 22.4 Å². The normalized spacial score (nSPS) is 10.6. The molecule has 0 radical (unpaired) electrons. The lowest BCUT2D eigenvalue weighted by molar-refractivity contribution is 0.483. The van der Waals surface area contributed by atoms with Crippen molar-refractivity contribution in [2.24, 2.45) is 0 Å². The Balaban J connectivity index is 1.32. The standard InChI is InChI=1S/C28H20FN3O/c29-26-17-21(11-16-25(26)20-7-3-1-4-8-20)27-18-28(31-19-30-27)32-22-12-14-24(15-13-22)33-23-9-5-2-6-10-23/h1-19H,(H,30,31,32). The zero-order valence-electron chi connectivity index (χ0n) is 17.7. The van der Waals surface area contributed by atoms with Crippen LogP contribution in [0.15, 0.2) is 116 Å². The number of aromatic nitrogens is 2. The minimum absolute atomic E-state index is 0.291. The molecule has 0 saturated heterocycles. The molecule has 0 saturated carbocycles. The van der Waals surface area contributed by atoms with Crippen LogP contribution in [0.5, 0.6) is 11.5 Å². The monoisotopic (exact) mass is 433 g/mol. The Hall–Kier alpha value is -4.51. The summed E-state index contributed by atoms with van der Waals surface area (Å²) >= 11 is 0. The van der Waals surface area contributed by atoms with Crippen molar-refractivity contribution in [1.82, 2.24) is 9.97 Å². The van der Waals surface area contributed by atoms with Gasteiger partial charge in [0.1, 0.15) is 29.5 Å². The number of hydrogen-bond acceptors (Lipinski definition) is 4. The van der Waals surface area contributed by atoms with Gasteiger partial charge in [-0.1, -0.05) is 60.7 Å². The Kier molecular flexibility index (Phi) is 5.76. The number of benzene rings is 4. The van der Waals surface area contributed by atoms with E-state index in [-0.39, 0.29) is 5.82 Å². The zero-order valence-corrected chi connectivity index (χ0v) is 17.7. The summed E-state index contributed by atoms with van der Waals surface area (Å²) in [7, 11) is 0. The number of rotatable bonds is 6. The Morgan fingerprint density at radius 3 is 2.06 bits per heavy atom.